The van der Waals surface area contributed by atoms with Crippen molar-refractivity contribution < 1.29 is 0 Å². The molecule has 6 heteroatoms. The van der Waals surface area contributed by atoms with Crippen LogP contribution in [0.15, 0.2) is 30.5 Å². The van der Waals surface area contributed by atoms with E-state index in [4.69, 9.17) is 5.73 Å². The molecule has 0 unspecified atom stereocenters. The molecule has 0 saturated heterocycles. The number of H-pyrrole nitrogens is 1. The lowest BCUT2D eigenvalue weighted by molar-refractivity contribution is 0.625. The lowest BCUT2D eigenvalue weighted by Crippen LogP contribution is -2.27. The summed E-state index contributed by atoms with van der Waals surface area (Å²) in [6.45, 7) is 2.54. The average molecular weight is 308 g/mol. The van der Waals surface area contributed by atoms with Crippen LogP contribution in [-0.4, -0.2) is 28.0 Å². The van der Waals surface area contributed by atoms with Crippen LogP contribution >= 0.6 is 0 Å². The van der Waals surface area contributed by atoms with E-state index in [1.165, 1.54) is 22.0 Å². The number of nitrogen functional groups attached to an aromatic ring is 1. The van der Waals surface area contributed by atoms with Gasteiger partial charge in [-0.25, -0.2) is 4.98 Å². The van der Waals surface area contributed by atoms with Gasteiger partial charge in [0.15, 0.2) is 0 Å². The first-order valence-electron chi connectivity index (χ1n) is 7.96. The molecule has 5 N–H and O–H groups in total. The number of hydrogen-bond donors (Lipinski definition) is 4. The van der Waals surface area contributed by atoms with Crippen LogP contribution in [0.25, 0.3) is 10.9 Å². The highest BCUT2D eigenvalue weighted by Crippen LogP contribution is 2.22. The first-order chi connectivity index (χ1) is 11.3. The highest BCUT2D eigenvalue weighted by Gasteiger charge is 2.16. The summed E-state index contributed by atoms with van der Waals surface area (Å²) >= 11 is 0. The largest absolute Gasteiger partial charge is 0.369 e. The minimum absolute atomic E-state index is 0.335. The van der Waals surface area contributed by atoms with Gasteiger partial charge in [0.1, 0.15) is 5.82 Å². The van der Waals surface area contributed by atoms with Gasteiger partial charge in [0, 0.05) is 35.8 Å². The number of fused-ring (bicyclic) bond motifs is 2. The molecular weight excluding hydrogens is 288 g/mol. The van der Waals surface area contributed by atoms with E-state index in [-0.39, 0.29) is 0 Å². The number of aromatic nitrogens is 3. The summed E-state index contributed by atoms with van der Waals surface area (Å²) in [4.78, 5) is 12.0. The summed E-state index contributed by atoms with van der Waals surface area (Å²) in [5, 5.41) is 8.04. The molecule has 1 aliphatic heterocycles. The maximum Gasteiger partial charge on any atom is 0.222 e. The maximum atomic E-state index is 5.83. The molecule has 0 amide bonds. The number of rotatable bonds is 4. The molecule has 0 radical (unpaired) electrons. The number of nitrogens with zero attached hydrogens (tertiary/aromatic N) is 2. The van der Waals surface area contributed by atoms with Gasteiger partial charge in [0.25, 0.3) is 0 Å². The van der Waals surface area contributed by atoms with Gasteiger partial charge in [0.05, 0.1) is 5.69 Å². The van der Waals surface area contributed by atoms with Crippen molar-refractivity contribution in [2.45, 2.75) is 19.4 Å². The van der Waals surface area contributed by atoms with E-state index in [0.717, 1.165) is 44.0 Å². The molecule has 4 rings (SSSR count). The number of anilines is 2. The van der Waals surface area contributed by atoms with Gasteiger partial charge in [-0.05, 0) is 31.0 Å². The molecule has 6 nitrogen and oxygen atoms in total. The Morgan fingerprint density at radius 1 is 1.22 bits per heavy atom. The highest BCUT2D eigenvalue weighted by molar-refractivity contribution is 5.83. The molecule has 118 valence electrons. The van der Waals surface area contributed by atoms with Crippen LogP contribution < -0.4 is 16.4 Å². The third-order valence-electron chi connectivity index (χ3n) is 4.32. The molecule has 0 atom stereocenters. The molecule has 0 spiro atoms. The Bertz CT molecular complexity index is 838. The fourth-order valence-corrected chi connectivity index (χ4v) is 3.18. The van der Waals surface area contributed by atoms with Crippen molar-refractivity contribution in [3.63, 3.8) is 0 Å². The lowest BCUT2D eigenvalue weighted by Gasteiger charge is -2.19. The lowest BCUT2D eigenvalue weighted by atomic mass is 10.1. The van der Waals surface area contributed by atoms with E-state index in [1.54, 1.807) is 0 Å². The molecule has 0 saturated carbocycles. The van der Waals surface area contributed by atoms with E-state index < -0.39 is 0 Å². The predicted octanol–water partition coefficient (Wildman–Crippen LogP) is 1.84. The van der Waals surface area contributed by atoms with Gasteiger partial charge >= 0.3 is 0 Å². The Labute approximate surface area is 134 Å². The van der Waals surface area contributed by atoms with Crippen LogP contribution in [0.5, 0.6) is 0 Å². The summed E-state index contributed by atoms with van der Waals surface area (Å²) in [5.41, 5.74) is 10.5. The second-order valence-corrected chi connectivity index (χ2v) is 5.82. The Hall–Kier alpha value is -2.60. The standard InChI is InChI=1S/C17H20N6/c18-17-22-15-10-19-7-6-13(15)16(23-17)20-8-5-11-9-21-14-4-2-1-3-12(11)14/h1-4,9,19,21H,5-8,10H2,(H3,18,20,22,23). The Balaban J connectivity index is 1.50. The van der Waals surface area contributed by atoms with E-state index in [2.05, 4.69) is 50.0 Å². The SMILES string of the molecule is Nc1nc2c(c(NCCc3c[nH]c4ccccc34)n1)CCNC2. The zero-order valence-corrected chi connectivity index (χ0v) is 12.9. The van der Waals surface area contributed by atoms with E-state index in [1.807, 2.05) is 6.07 Å². The molecule has 0 aliphatic carbocycles. The highest BCUT2D eigenvalue weighted by atomic mass is 15.1. The van der Waals surface area contributed by atoms with E-state index in [0.29, 0.717) is 5.95 Å². The van der Waals surface area contributed by atoms with Crippen LogP contribution in [0.4, 0.5) is 11.8 Å². The Morgan fingerprint density at radius 2 is 2.13 bits per heavy atom. The quantitative estimate of drug-likeness (QED) is 0.590. The summed E-state index contributed by atoms with van der Waals surface area (Å²) in [7, 11) is 0. The number of benzene rings is 1. The van der Waals surface area contributed by atoms with Gasteiger partial charge < -0.3 is 21.4 Å². The monoisotopic (exact) mass is 308 g/mol. The van der Waals surface area contributed by atoms with Crippen molar-refractivity contribution in [2.75, 3.05) is 24.1 Å². The van der Waals surface area contributed by atoms with Crippen LogP contribution in [0.1, 0.15) is 16.8 Å². The van der Waals surface area contributed by atoms with Gasteiger partial charge in [-0.3, -0.25) is 0 Å². The van der Waals surface area contributed by atoms with Crippen LogP contribution in [0.2, 0.25) is 0 Å². The molecular formula is C17H20N6. The molecule has 0 fully saturated rings. The fourth-order valence-electron chi connectivity index (χ4n) is 3.18. The summed E-state index contributed by atoms with van der Waals surface area (Å²) in [6, 6.07) is 8.37. The number of nitrogens with one attached hydrogen (secondary N) is 3. The average Bonchev–Trinajstić information content (AvgIpc) is 2.98. The molecule has 1 aliphatic rings. The van der Waals surface area contributed by atoms with E-state index in [9.17, 15) is 0 Å². The van der Waals surface area contributed by atoms with Crippen molar-refractivity contribution in [1.29, 1.82) is 0 Å². The first kappa shape index (κ1) is 14.0. The molecule has 3 aromatic rings. The fraction of sp³-hybridized carbons (Fsp3) is 0.294. The third kappa shape index (κ3) is 2.73. The van der Waals surface area contributed by atoms with E-state index >= 15 is 0 Å². The minimum Gasteiger partial charge on any atom is -0.369 e. The van der Waals surface area contributed by atoms with Gasteiger partial charge in [-0.15, -0.1) is 0 Å². The van der Waals surface area contributed by atoms with Crippen molar-refractivity contribution in [3.05, 3.63) is 47.3 Å². The zero-order valence-electron chi connectivity index (χ0n) is 12.9. The predicted molar refractivity (Wildman–Crippen MR) is 92.3 cm³/mol. The minimum atomic E-state index is 0.335. The van der Waals surface area contributed by atoms with Gasteiger partial charge in [-0.1, -0.05) is 18.2 Å². The van der Waals surface area contributed by atoms with Gasteiger partial charge in [-0.2, -0.15) is 4.98 Å². The normalized spacial score (nSPS) is 13.9. The molecule has 1 aromatic carbocycles. The summed E-state index contributed by atoms with van der Waals surface area (Å²) in [6.07, 6.45) is 3.95. The van der Waals surface area contributed by atoms with Gasteiger partial charge in [0.2, 0.25) is 5.95 Å². The number of para-hydroxylation sites is 1. The number of aromatic amines is 1. The third-order valence-corrected chi connectivity index (χ3v) is 4.32. The van der Waals surface area contributed by atoms with Crippen molar-refractivity contribution in [3.8, 4) is 0 Å². The molecule has 2 aromatic heterocycles. The zero-order chi connectivity index (χ0) is 15.6. The smallest absolute Gasteiger partial charge is 0.222 e. The Morgan fingerprint density at radius 3 is 3.09 bits per heavy atom. The first-order valence-corrected chi connectivity index (χ1v) is 7.96. The Kier molecular flexibility index (Phi) is 3.59. The molecule has 3 heterocycles. The van der Waals surface area contributed by atoms with Crippen molar-refractivity contribution >= 4 is 22.7 Å². The summed E-state index contributed by atoms with van der Waals surface area (Å²) < 4.78 is 0. The molecule has 23 heavy (non-hydrogen) atoms. The van der Waals surface area contributed by atoms with Crippen molar-refractivity contribution in [2.24, 2.45) is 0 Å². The summed E-state index contributed by atoms with van der Waals surface area (Å²) in [5.74, 6) is 1.22. The number of hydrogen-bond acceptors (Lipinski definition) is 5. The van der Waals surface area contributed by atoms with Crippen LogP contribution in [0.3, 0.4) is 0 Å². The van der Waals surface area contributed by atoms with Crippen molar-refractivity contribution in [1.82, 2.24) is 20.3 Å². The number of nitrogens with two attached hydrogens (primary N) is 1. The van der Waals surface area contributed by atoms with Crippen LogP contribution in [-0.2, 0) is 19.4 Å². The second kappa shape index (κ2) is 5.89. The van der Waals surface area contributed by atoms with Crippen LogP contribution in [0, 0.1) is 0 Å². The second-order valence-electron chi connectivity index (χ2n) is 5.82. The molecule has 0 bridgehead atoms. The topological polar surface area (TPSA) is 91.6 Å². The maximum absolute atomic E-state index is 5.83.